The van der Waals surface area contributed by atoms with Crippen molar-refractivity contribution in [3.05, 3.63) is 54.1 Å². The lowest BCUT2D eigenvalue weighted by atomic mass is 10.2. The zero-order valence-electron chi connectivity index (χ0n) is 12.9. The Kier molecular flexibility index (Phi) is 6.29. The lowest BCUT2D eigenvalue weighted by molar-refractivity contribution is 0.0692. The van der Waals surface area contributed by atoms with Crippen LogP contribution in [0.1, 0.15) is 29.6 Å². The van der Waals surface area contributed by atoms with E-state index in [0.717, 1.165) is 30.7 Å². The number of ether oxygens (including phenoxy) is 2. The van der Waals surface area contributed by atoms with E-state index in [9.17, 15) is 4.79 Å². The van der Waals surface area contributed by atoms with Crippen LogP contribution in [0.5, 0.6) is 11.5 Å². The van der Waals surface area contributed by atoms with E-state index < -0.39 is 5.97 Å². The van der Waals surface area contributed by atoms with Gasteiger partial charge in [-0.05, 0) is 55.7 Å². The van der Waals surface area contributed by atoms with Gasteiger partial charge < -0.3 is 20.3 Å². The Bertz CT molecular complexity index is 625. The number of hydrogen-bond donors (Lipinski definition) is 2. The topological polar surface area (TPSA) is 81.8 Å². The first kappa shape index (κ1) is 16.7. The fourth-order valence-electron chi connectivity index (χ4n) is 2.09. The molecule has 5 nitrogen and oxygen atoms in total. The fourth-order valence-corrected chi connectivity index (χ4v) is 2.09. The SMILES string of the molecule is Nc1ccc(OCCCCCOc2ccccc2C(=O)O)cc1. The maximum absolute atomic E-state index is 11.0. The van der Waals surface area contributed by atoms with Crippen LogP contribution in [0.4, 0.5) is 5.69 Å². The molecule has 0 amide bonds. The third-order valence-electron chi connectivity index (χ3n) is 3.31. The van der Waals surface area contributed by atoms with Crippen LogP contribution in [0.3, 0.4) is 0 Å². The van der Waals surface area contributed by atoms with E-state index in [1.807, 2.05) is 24.3 Å². The highest BCUT2D eigenvalue weighted by Gasteiger charge is 2.09. The number of hydrogen-bond acceptors (Lipinski definition) is 4. The van der Waals surface area contributed by atoms with Crippen LogP contribution in [0.15, 0.2) is 48.5 Å². The summed E-state index contributed by atoms with van der Waals surface area (Å²) in [4.78, 5) is 11.0. The Balaban J connectivity index is 1.61. The summed E-state index contributed by atoms with van der Waals surface area (Å²) in [7, 11) is 0. The Hall–Kier alpha value is -2.69. The second-order valence-electron chi connectivity index (χ2n) is 5.13. The van der Waals surface area contributed by atoms with E-state index in [4.69, 9.17) is 20.3 Å². The molecule has 0 fully saturated rings. The van der Waals surface area contributed by atoms with E-state index in [1.165, 1.54) is 6.07 Å². The second-order valence-corrected chi connectivity index (χ2v) is 5.13. The van der Waals surface area contributed by atoms with E-state index in [-0.39, 0.29) is 5.56 Å². The maximum Gasteiger partial charge on any atom is 0.339 e. The van der Waals surface area contributed by atoms with Crippen LogP contribution < -0.4 is 15.2 Å². The monoisotopic (exact) mass is 315 g/mol. The molecule has 0 aliphatic heterocycles. The van der Waals surface area contributed by atoms with Gasteiger partial charge in [-0.2, -0.15) is 0 Å². The average Bonchev–Trinajstić information content (AvgIpc) is 2.56. The molecule has 0 spiro atoms. The summed E-state index contributed by atoms with van der Waals surface area (Å²) in [5.74, 6) is 0.251. The number of carboxylic acid groups (broad SMARTS) is 1. The molecule has 23 heavy (non-hydrogen) atoms. The molecule has 0 heterocycles. The highest BCUT2D eigenvalue weighted by molar-refractivity contribution is 5.90. The molecule has 0 atom stereocenters. The number of unbranched alkanes of at least 4 members (excludes halogenated alkanes) is 2. The van der Waals surface area contributed by atoms with Crippen molar-refractivity contribution in [3.63, 3.8) is 0 Å². The predicted octanol–water partition coefficient (Wildman–Crippen LogP) is 3.60. The van der Waals surface area contributed by atoms with Crippen molar-refractivity contribution < 1.29 is 19.4 Å². The van der Waals surface area contributed by atoms with Crippen molar-refractivity contribution in [3.8, 4) is 11.5 Å². The zero-order chi connectivity index (χ0) is 16.5. The van der Waals surface area contributed by atoms with Crippen LogP contribution in [0.25, 0.3) is 0 Å². The lowest BCUT2D eigenvalue weighted by Crippen LogP contribution is -2.05. The third kappa shape index (κ3) is 5.54. The molecule has 0 bridgehead atoms. The summed E-state index contributed by atoms with van der Waals surface area (Å²) in [6.45, 7) is 1.13. The number of nitrogens with two attached hydrogens (primary N) is 1. The second kappa shape index (κ2) is 8.68. The normalized spacial score (nSPS) is 10.3. The number of nitrogen functional groups attached to an aromatic ring is 1. The van der Waals surface area contributed by atoms with Crippen LogP contribution in [0.2, 0.25) is 0 Å². The number of para-hydroxylation sites is 1. The van der Waals surface area contributed by atoms with Gasteiger partial charge in [0.2, 0.25) is 0 Å². The molecule has 0 radical (unpaired) electrons. The molecular formula is C18H21NO4. The molecule has 3 N–H and O–H groups in total. The summed E-state index contributed by atoms with van der Waals surface area (Å²) in [5.41, 5.74) is 6.52. The summed E-state index contributed by atoms with van der Waals surface area (Å²) in [6, 6.07) is 14.0. The number of rotatable bonds is 9. The first-order valence-electron chi connectivity index (χ1n) is 7.60. The number of carbonyl (C=O) groups is 1. The molecule has 0 unspecified atom stereocenters. The number of benzene rings is 2. The van der Waals surface area contributed by atoms with Crippen molar-refractivity contribution in [2.75, 3.05) is 18.9 Å². The van der Waals surface area contributed by atoms with Gasteiger partial charge in [-0.15, -0.1) is 0 Å². The smallest absolute Gasteiger partial charge is 0.339 e. The Morgan fingerprint density at radius 1 is 0.913 bits per heavy atom. The predicted molar refractivity (Wildman–Crippen MR) is 89.1 cm³/mol. The van der Waals surface area contributed by atoms with Gasteiger partial charge in [-0.25, -0.2) is 4.79 Å². The maximum atomic E-state index is 11.0. The minimum Gasteiger partial charge on any atom is -0.494 e. The molecule has 2 aromatic carbocycles. The lowest BCUT2D eigenvalue weighted by Gasteiger charge is -2.09. The molecule has 2 rings (SSSR count). The van der Waals surface area contributed by atoms with Crippen molar-refractivity contribution in [2.24, 2.45) is 0 Å². The van der Waals surface area contributed by atoms with Gasteiger partial charge in [0.05, 0.1) is 13.2 Å². The van der Waals surface area contributed by atoms with Gasteiger partial charge in [0.15, 0.2) is 0 Å². The molecule has 0 saturated heterocycles. The molecule has 0 aliphatic rings. The standard InChI is InChI=1S/C18H21NO4/c19-14-8-10-15(11-9-14)22-12-4-1-5-13-23-17-7-3-2-6-16(17)18(20)21/h2-3,6-11H,1,4-5,12-13,19H2,(H,20,21). The molecular weight excluding hydrogens is 294 g/mol. The molecule has 0 aliphatic carbocycles. The van der Waals surface area contributed by atoms with Crippen molar-refractivity contribution in [1.29, 1.82) is 0 Å². The highest BCUT2D eigenvalue weighted by atomic mass is 16.5. The third-order valence-corrected chi connectivity index (χ3v) is 3.31. The van der Waals surface area contributed by atoms with Gasteiger partial charge in [-0.1, -0.05) is 12.1 Å². The van der Waals surface area contributed by atoms with Crippen LogP contribution in [-0.2, 0) is 0 Å². The zero-order valence-corrected chi connectivity index (χ0v) is 12.9. The summed E-state index contributed by atoms with van der Waals surface area (Å²) in [6.07, 6.45) is 2.71. The summed E-state index contributed by atoms with van der Waals surface area (Å²) in [5, 5.41) is 9.06. The number of carboxylic acids is 1. The Morgan fingerprint density at radius 3 is 2.26 bits per heavy atom. The minimum absolute atomic E-state index is 0.194. The minimum atomic E-state index is -0.975. The van der Waals surface area contributed by atoms with Gasteiger partial charge in [0, 0.05) is 5.69 Å². The van der Waals surface area contributed by atoms with Crippen LogP contribution in [0, 0.1) is 0 Å². The fraction of sp³-hybridized carbons (Fsp3) is 0.278. The van der Waals surface area contributed by atoms with E-state index in [0.29, 0.717) is 19.0 Å². The Morgan fingerprint density at radius 2 is 1.57 bits per heavy atom. The molecule has 5 heteroatoms. The van der Waals surface area contributed by atoms with Crippen molar-refractivity contribution in [1.82, 2.24) is 0 Å². The van der Waals surface area contributed by atoms with Gasteiger partial charge >= 0.3 is 5.97 Å². The first-order chi connectivity index (χ1) is 11.2. The van der Waals surface area contributed by atoms with Crippen LogP contribution >= 0.6 is 0 Å². The number of aromatic carboxylic acids is 1. The van der Waals surface area contributed by atoms with Crippen molar-refractivity contribution in [2.45, 2.75) is 19.3 Å². The van der Waals surface area contributed by atoms with Gasteiger partial charge in [0.1, 0.15) is 17.1 Å². The van der Waals surface area contributed by atoms with Crippen molar-refractivity contribution >= 4 is 11.7 Å². The van der Waals surface area contributed by atoms with E-state index in [1.54, 1.807) is 18.2 Å². The molecule has 0 saturated carbocycles. The average molecular weight is 315 g/mol. The molecule has 2 aromatic rings. The van der Waals surface area contributed by atoms with Gasteiger partial charge in [0.25, 0.3) is 0 Å². The molecule has 0 aromatic heterocycles. The van der Waals surface area contributed by atoms with Crippen LogP contribution in [-0.4, -0.2) is 24.3 Å². The van der Waals surface area contributed by atoms with E-state index in [2.05, 4.69) is 0 Å². The summed E-state index contributed by atoms with van der Waals surface area (Å²) < 4.78 is 11.1. The quantitative estimate of drug-likeness (QED) is 0.546. The number of anilines is 1. The van der Waals surface area contributed by atoms with E-state index >= 15 is 0 Å². The summed E-state index contributed by atoms with van der Waals surface area (Å²) >= 11 is 0. The highest BCUT2D eigenvalue weighted by Crippen LogP contribution is 2.18. The largest absolute Gasteiger partial charge is 0.494 e. The van der Waals surface area contributed by atoms with Gasteiger partial charge in [-0.3, -0.25) is 0 Å². The Labute approximate surface area is 135 Å². The molecule has 122 valence electrons. The first-order valence-corrected chi connectivity index (χ1v) is 7.60.